The van der Waals surface area contributed by atoms with Gasteiger partial charge in [-0.25, -0.2) is 9.78 Å². The fourth-order valence-corrected chi connectivity index (χ4v) is 0.571. The van der Waals surface area contributed by atoms with Crippen LogP contribution in [0.4, 0.5) is 5.82 Å². The average Bonchev–Trinajstić information content (AvgIpc) is 2.03. The van der Waals surface area contributed by atoms with E-state index in [1.165, 1.54) is 19.1 Å². The van der Waals surface area contributed by atoms with Gasteiger partial charge in [-0.05, 0) is 12.1 Å². The Balaban J connectivity index is 0.000000364. The molecule has 0 radical (unpaired) electrons. The molecule has 0 unspecified atom stereocenters. The number of carboxylic acid groups (broad SMARTS) is 1. The van der Waals surface area contributed by atoms with Crippen molar-refractivity contribution >= 4 is 17.7 Å². The van der Waals surface area contributed by atoms with Crippen LogP contribution in [-0.2, 0) is 4.79 Å². The Hall–Kier alpha value is -2.11. The van der Waals surface area contributed by atoms with Crippen molar-refractivity contribution in [2.45, 2.75) is 6.92 Å². The van der Waals surface area contributed by atoms with Gasteiger partial charge in [-0.3, -0.25) is 4.79 Å². The normalized spacial score (nSPS) is 8.36. The van der Waals surface area contributed by atoms with E-state index in [0.29, 0.717) is 0 Å². The monoisotopic (exact) mass is 197 g/mol. The van der Waals surface area contributed by atoms with E-state index >= 15 is 0 Å². The lowest BCUT2D eigenvalue weighted by atomic mass is 10.3. The fraction of sp³-hybridized carbons (Fsp3) is 0.125. The Morgan fingerprint density at radius 2 is 1.93 bits per heavy atom. The molecule has 0 bridgehead atoms. The second kappa shape index (κ2) is 5.52. The fourth-order valence-electron chi connectivity index (χ4n) is 0.571. The van der Waals surface area contributed by atoms with E-state index in [2.05, 4.69) is 10.7 Å². The van der Waals surface area contributed by atoms with Gasteiger partial charge in [0, 0.05) is 6.92 Å². The van der Waals surface area contributed by atoms with Gasteiger partial charge in [0.25, 0.3) is 0 Å². The molecular formula is C8H11N3O3. The number of pyridine rings is 1. The molecule has 14 heavy (non-hydrogen) atoms. The molecule has 0 aliphatic rings. The van der Waals surface area contributed by atoms with Gasteiger partial charge in [-0.1, -0.05) is 6.07 Å². The minimum Gasteiger partial charge on any atom is -0.477 e. The third-order valence-electron chi connectivity index (χ3n) is 0.990. The zero-order valence-corrected chi connectivity index (χ0v) is 7.60. The molecule has 0 saturated carbocycles. The molecule has 1 rings (SSSR count). The summed E-state index contributed by atoms with van der Waals surface area (Å²) < 4.78 is 0. The maximum absolute atomic E-state index is 10.2. The minimum absolute atomic E-state index is 0.0278. The SMILES string of the molecule is CC(N)=O.Nc1cccc(C(=O)O)n1. The minimum atomic E-state index is -1.06. The summed E-state index contributed by atoms with van der Waals surface area (Å²) in [6.45, 7) is 1.31. The number of amides is 1. The van der Waals surface area contributed by atoms with Gasteiger partial charge in [0.2, 0.25) is 5.91 Å². The topological polar surface area (TPSA) is 119 Å². The van der Waals surface area contributed by atoms with Crippen molar-refractivity contribution in [1.82, 2.24) is 4.98 Å². The second-order valence-electron chi connectivity index (χ2n) is 2.36. The van der Waals surface area contributed by atoms with Crippen LogP contribution in [0.5, 0.6) is 0 Å². The standard InChI is InChI=1S/C6H6N2O2.C2H5NO/c7-5-3-1-2-4(8-5)6(9)10;1-2(3)4/h1-3H,(H2,7,8)(H,9,10);1H3,(H2,3,4). The van der Waals surface area contributed by atoms with Gasteiger partial charge in [0.05, 0.1) is 0 Å². The van der Waals surface area contributed by atoms with Crippen LogP contribution in [0.1, 0.15) is 17.4 Å². The number of aromatic carboxylic acids is 1. The van der Waals surface area contributed by atoms with E-state index in [0.717, 1.165) is 0 Å². The van der Waals surface area contributed by atoms with Gasteiger partial charge < -0.3 is 16.6 Å². The summed E-state index contributed by atoms with van der Waals surface area (Å²) in [4.78, 5) is 23.0. The number of anilines is 1. The highest BCUT2D eigenvalue weighted by Crippen LogP contribution is 1.98. The van der Waals surface area contributed by atoms with Gasteiger partial charge in [-0.15, -0.1) is 0 Å². The first-order valence-electron chi connectivity index (χ1n) is 3.65. The third kappa shape index (κ3) is 5.53. The van der Waals surface area contributed by atoms with Crippen LogP contribution in [0, 0.1) is 0 Å². The first kappa shape index (κ1) is 11.9. The highest BCUT2D eigenvalue weighted by atomic mass is 16.4. The van der Waals surface area contributed by atoms with E-state index in [9.17, 15) is 9.59 Å². The van der Waals surface area contributed by atoms with Gasteiger partial charge in [0.15, 0.2) is 5.69 Å². The van der Waals surface area contributed by atoms with Crippen molar-refractivity contribution in [3.63, 3.8) is 0 Å². The first-order chi connectivity index (χ1) is 6.43. The number of hydrogen-bond donors (Lipinski definition) is 3. The van der Waals surface area contributed by atoms with Crippen LogP contribution < -0.4 is 11.5 Å². The summed E-state index contributed by atoms with van der Waals surface area (Å²) in [5.74, 6) is -1.17. The van der Waals surface area contributed by atoms with E-state index in [-0.39, 0.29) is 17.4 Å². The molecule has 0 fully saturated rings. The van der Waals surface area contributed by atoms with Crippen LogP contribution >= 0.6 is 0 Å². The van der Waals surface area contributed by atoms with Crippen molar-refractivity contribution in [1.29, 1.82) is 0 Å². The van der Waals surface area contributed by atoms with E-state index in [1.54, 1.807) is 6.07 Å². The number of primary amides is 1. The van der Waals surface area contributed by atoms with Gasteiger partial charge in [0.1, 0.15) is 5.82 Å². The molecule has 76 valence electrons. The van der Waals surface area contributed by atoms with Crippen molar-refractivity contribution in [3.05, 3.63) is 23.9 Å². The maximum Gasteiger partial charge on any atom is 0.354 e. The molecule has 1 amide bonds. The number of hydrogen-bond acceptors (Lipinski definition) is 4. The molecule has 1 aromatic rings. The Kier molecular flexibility index (Phi) is 4.69. The van der Waals surface area contributed by atoms with E-state index < -0.39 is 5.97 Å². The molecule has 0 spiro atoms. The van der Waals surface area contributed by atoms with Crippen LogP contribution in [0.3, 0.4) is 0 Å². The van der Waals surface area contributed by atoms with Gasteiger partial charge >= 0.3 is 5.97 Å². The molecule has 0 atom stereocenters. The summed E-state index contributed by atoms with van der Waals surface area (Å²) in [5.41, 5.74) is 9.67. The molecule has 5 N–H and O–H groups in total. The van der Waals surface area contributed by atoms with Crippen molar-refractivity contribution in [3.8, 4) is 0 Å². The van der Waals surface area contributed by atoms with Crippen molar-refractivity contribution in [2.24, 2.45) is 5.73 Å². The lowest BCUT2D eigenvalue weighted by molar-refractivity contribution is -0.115. The number of nitrogens with two attached hydrogens (primary N) is 2. The average molecular weight is 197 g/mol. The number of aromatic nitrogens is 1. The van der Waals surface area contributed by atoms with Crippen LogP contribution in [0.25, 0.3) is 0 Å². The quantitative estimate of drug-likeness (QED) is 0.578. The Bertz CT molecular complexity index is 334. The highest BCUT2D eigenvalue weighted by Gasteiger charge is 2.01. The van der Waals surface area contributed by atoms with Crippen LogP contribution in [0.15, 0.2) is 18.2 Å². The largest absolute Gasteiger partial charge is 0.477 e. The van der Waals surface area contributed by atoms with E-state index in [1.807, 2.05) is 0 Å². The zero-order chi connectivity index (χ0) is 11.1. The molecule has 6 heteroatoms. The molecule has 0 aliphatic carbocycles. The maximum atomic E-state index is 10.2. The smallest absolute Gasteiger partial charge is 0.354 e. The number of carbonyl (C=O) groups excluding carboxylic acids is 1. The summed E-state index contributed by atoms with van der Waals surface area (Å²) >= 11 is 0. The number of carbonyl (C=O) groups is 2. The Labute approximate surface area is 80.5 Å². The van der Waals surface area contributed by atoms with Crippen molar-refractivity contribution < 1.29 is 14.7 Å². The summed E-state index contributed by atoms with van der Waals surface area (Å²) in [5, 5.41) is 8.39. The lowest BCUT2D eigenvalue weighted by Gasteiger charge is -1.92. The molecular weight excluding hydrogens is 186 g/mol. The summed E-state index contributed by atoms with van der Waals surface area (Å²) in [7, 11) is 0. The van der Waals surface area contributed by atoms with Crippen LogP contribution in [-0.4, -0.2) is 22.0 Å². The Morgan fingerprint density at radius 1 is 1.43 bits per heavy atom. The molecule has 1 heterocycles. The highest BCUT2D eigenvalue weighted by molar-refractivity contribution is 5.85. The number of rotatable bonds is 1. The Morgan fingerprint density at radius 3 is 2.21 bits per heavy atom. The zero-order valence-electron chi connectivity index (χ0n) is 7.60. The molecule has 0 aliphatic heterocycles. The van der Waals surface area contributed by atoms with Crippen molar-refractivity contribution in [2.75, 3.05) is 5.73 Å². The van der Waals surface area contributed by atoms with Crippen LogP contribution in [0.2, 0.25) is 0 Å². The predicted molar refractivity (Wildman–Crippen MR) is 50.5 cm³/mol. The first-order valence-corrected chi connectivity index (χ1v) is 3.65. The number of nitrogens with zero attached hydrogens (tertiary/aromatic N) is 1. The summed E-state index contributed by atoms with van der Waals surface area (Å²) in [6, 6.07) is 4.47. The number of carboxylic acids is 1. The predicted octanol–water partition coefficient (Wildman–Crippen LogP) is -0.146. The second-order valence-corrected chi connectivity index (χ2v) is 2.36. The lowest BCUT2D eigenvalue weighted by Crippen LogP contribution is -2.01. The number of nitrogen functional groups attached to an aromatic ring is 1. The van der Waals surface area contributed by atoms with E-state index in [4.69, 9.17) is 10.8 Å². The summed E-state index contributed by atoms with van der Waals surface area (Å²) in [6.07, 6.45) is 0. The molecule has 6 nitrogen and oxygen atoms in total. The molecule has 0 aromatic carbocycles. The third-order valence-corrected chi connectivity index (χ3v) is 0.990. The molecule has 1 aromatic heterocycles. The van der Waals surface area contributed by atoms with Gasteiger partial charge in [-0.2, -0.15) is 0 Å². The molecule has 0 saturated heterocycles.